The molecule has 2 rings (SSSR count). The summed E-state index contributed by atoms with van der Waals surface area (Å²) in [5.74, 6) is -0.235. The van der Waals surface area contributed by atoms with Gasteiger partial charge >= 0.3 is 0 Å². The first kappa shape index (κ1) is 13.1. The van der Waals surface area contributed by atoms with Gasteiger partial charge in [-0.25, -0.2) is 0 Å². The molecule has 1 aromatic carbocycles. The summed E-state index contributed by atoms with van der Waals surface area (Å²) in [4.78, 5) is 13.8. The molecule has 4 nitrogen and oxygen atoms in total. The van der Waals surface area contributed by atoms with Crippen molar-refractivity contribution in [1.29, 1.82) is 0 Å². The third kappa shape index (κ3) is 2.71. The van der Waals surface area contributed by atoms with E-state index in [2.05, 4.69) is 0 Å². The third-order valence-corrected chi connectivity index (χ3v) is 3.40. The molecule has 1 amide bonds. The lowest BCUT2D eigenvalue weighted by atomic mass is 10.0. The number of carbonyl (C=O) groups is 1. The quantitative estimate of drug-likeness (QED) is 0.856. The van der Waals surface area contributed by atoms with Crippen LogP contribution in [0.15, 0.2) is 18.2 Å². The average molecular weight is 249 g/mol. The van der Waals surface area contributed by atoms with Crippen LogP contribution in [0.3, 0.4) is 0 Å². The lowest BCUT2D eigenvalue weighted by Gasteiger charge is -2.28. The number of rotatable bonds is 2. The van der Waals surface area contributed by atoms with Crippen molar-refractivity contribution in [3.63, 3.8) is 0 Å². The number of ether oxygens (including phenoxy) is 1. The predicted molar refractivity (Wildman–Crippen MR) is 68.3 cm³/mol. The van der Waals surface area contributed by atoms with Gasteiger partial charge in [-0.15, -0.1) is 0 Å². The second-order valence-corrected chi connectivity index (χ2v) is 4.68. The molecule has 1 atom stereocenters. The maximum absolute atomic E-state index is 12.1. The highest BCUT2D eigenvalue weighted by molar-refractivity contribution is 5.82. The maximum Gasteiger partial charge on any atom is 0.256 e. The Morgan fingerprint density at radius 1 is 1.28 bits per heavy atom. The maximum atomic E-state index is 12.1. The molecule has 98 valence electrons. The van der Waals surface area contributed by atoms with Gasteiger partial charge in [0.1, 0.15) is 0 Å². The van der Waals surface area contributed by atoms with E-state index >= 15 is 0 Å². The number of nitrogens with zero attached hydrogens (tertiary/aromatic N) is 1. The van der Waals surface area contributed by atoms with E-state index in [9.17, 15) is 9.90 Å². The highest BCUT2D eigenvalue weighted by atomic mass is 16.5. The van der Waals surface area contributed by atoms with Crippen molar-refractivity contribution in [1.82, 2.24) is 4.90 Å². The van der Waals surface area contributed by atoms with Gasteiger partial charge in [-0.05, 0) is 30.5 Å². The summed E-state index contributed by atoms with van der Waals surface area (Å²) in [6.07, 6.45) is -1.07. The number of morpholine rings is 1. The van der Waals surface area contributed by atoms with Crippen molar-refractivity contribution in [3.8, 4) is 0 Å². The Bertz CT molecular complexity index is 439. The van der Waals surface area contributed by atoms with E-state index in [1.165, 1.54) is 0 Å². The zero-order chi connectivity index (χ0) is 13.1. The summed E-state index contributed by atoms with van der Waals surface area (Å²) in [5, 5.41) is 10.1. The fourth-order valence-electron chi connectivity index (χ4n) is 2.03. The van der Waals surface area contributed by atoms with Gasteiger partial charge in [-0.3, -0.25) is 4.79 Å². The monoisotopic (exact) mass is 249 g/mol. The van der Waals surface area contributed by atoms with Gasteiger partial charge in [0.2, 0.25) is 0 Å². The number of aliphatic hydroxyl groups is 1. The average Bonchev–Trinajstić information content (AvgIpc) is 2.41. The highest BCUT2D eigenvalue weighted by Gasteiger charge is 2.25. The number of hydrogen-bond acceptors (Lipinski definition) is 3. The Labute approximate surface area is 107 Å². The SMILES string of the molecule is Cc1ccc(C(O)C(=O)N2CCOCC2)cc1C. The minimum absolute atomic E-state index is 0.235. The van der Waals surface area contributed by atoms with E-state index in [1.54, 1.807) is 4.90 Å². The second-order valence-electron chi connectivity index (χ2n) is 4.68. The van der Waals surface area contributed by atoms with E-state index in [4.69, 9.17) is 4.74 Å². The van der Waals surface area contributed by atoms with E-state index in [1.807, 2.05) is 32.0 Å². The van der Waals surface area contributed by atoms with Gasteiger partial charge in [0, 0.05) is 13.1 Å². The van der Waals surface area contributed by atoms with Gasteiger partial charge in [0.05, 0.1) is 13.2 Å². The van der Waals surface area contributed by atoms with E-state index in [0.29, 0.717) is 31.9 Å². The highest BCUT2D eigenvalue weighted by Crippen LogP contribution is 2.19. The Balaban J connectivity index is 2.11. The van der Waals surface area contributed by atoms with Gasteiger partial charge in [-0.1, -0.05) is 18.2 Å². The fraction of sp³-hybridized carbons (Fsp3) is 0.500. The fourth-order valence-corrected chi connectivity index (χ4v) is 2.03. The van der Waals surface area contributed by atoms with Crippen molar-refractivity contribution in [2.45, 2.75) is 20.0 Å². The molecule has 0 radical (unpaired) electrons. The first-order chi connectivity index (χ1) is 8.59. The number of hydrogen-bond donors (Lipinski definition) is 1. The summed E-state index contributed by atoms with van der Waals surface area (Å²) in [5.41, 5.74) is 2.90. The van der Waals surface area contributed by atoms with Crippen LogP contribution in [-0.4, -0.2) is 42.2 Å². The Morgan fingerprint density at radius 2 is 1.94 bits per heavy atom. The molecule has 0 aliphatic carbocycles. The molecule has 1 aliphatic heterocycles. The standard InChI is InChI=1S/C14H19NO3/c1-10-3-4-12(9-11(10)2)13(16)14(17)15-5-7-18-8-6-15/h3-4,9,13,16H,5-8H2,1-2H3. The molecule has 18 heavy (non-hydrogen) atoms. The van der Waals surface area contributed by atoms with Crippen molar-refractivity contribution < 1.29 is 14.6 Å². The van der Waals surface area contributed by atoms with Gasteiger partial charge in [0.15, 0.2) is 6.10 Å². The van der Waals surface area contributed by atoms with Gasteiger partial charge in [-0.2, -0.15) is 0 Å². The van der Waals surface area contributed by atoms with Gasteiger partial charge in [0.25, 0.3) is 5.91 Å². The Kier molecular flexibility index (Phi) is 3.99. The van der Waals surface area contributed by atoms with E-state index < -0.39 is 6.10 Å². The van der Waals surface area contributed by atoms with Crippen molar-refractivity contribution >= 4 is 5.91 Å². The molecule has 0 saturated carbocycles. The molecule has 1 heterocycles. The smallest absolute Gasteiger partial charge is 0.256 e. The minimum Gasteiger partial charge on any atom is -0.378 e. The third-order valence-electron chi connectivity index (χ3n) is 3.40. The molecular formula is C14H19NO3. The van der Waals surface area contributed by atoms with Crippen molar-refractivity contribution in [2.24, 2.45) is 0 Å². The number of benzene rings is 1. The molecule has 1 unspecified atom stereocenters. The van der Waals surface area contributed by atoms with Crippen LogP contribution in [0.5, 0.6) is 0 Å². The minimum atomic E-state index is -1.07. The zero-order valence-electron chi connectivity index (χ0n) is 10.8. The Hall–Kier alpha value is -1.39. The molecule has 1 fully saturated rings. The molecule has 1 aromatic rings. The lowest BCUT2D eigenvalue weighted by molar-refractivity contribution is -0.144. The zero-order valence-corrected chi connectivity index (χ0v) is 10.8. The van der Waals surface area contributed by atoms with Crippen LogP contribution in [0.25, 0.3) is 0 Å². The molecule has 0 spiro atoms. The first-order valence-electron chi connectivity index (χ1n) is 6.21. The summed E-state index contributed by atoms with van der Waals surface area (Å²) < 4.78 is 5.19. The molecule has 1 aliphatic rings. The lowest BCUT2D eigenvalue weighted by Crippen LogP contribution is -2.43. The summed E-state index contributed by atoms with van der Waals surface area (Å²) in [7, 11) is 0. The second kappa shape index (κ2) is 5.50. The molecule has 1 saturated heterocycles. The molecular weight excluding hydrogens is 230 g/mol. The first-order valence-corrected chi connectivity index (χ1v) is 6.21. The van der Waals surface area contributed by atoms with Crippen LogP contribution in [0.2, 0.25) is 0 Å². The van der Waals surface area contributed by atoms with Crippen LogP contribution >= 0.6 is 0 Å². The van der Waals surface area contributed by atoms with Crippen LogP contribution in [-0.2, 0) is 9.53 Å². The van der Waals surface area contributed by atoms with Crippen LogP contribution in [0.1, 0.15) is 22.8 Å². The summed E-state index contributed by atoms with van der Waals surface area (Å²) in [6.45, 7) is 6.19. The van der Waals surface area contributed by atoms with Crippen molar-refractivity contribution in [3.05, 3.63) is 34.9 Å². The van der Waals surface area contributed by atoms with Crippen molar-refractivity contribution in [2.75, 3.05) is 26.3 Å². The topological polar surface area (TPSA) is 49.8 Å². The van der Waals surface area contributed by atoms with Gasteiger partial charge < -0.3 is 14.7 Å². The van der Waals surface area contributed by atoms with E-state index in [-0.39, 0.29) is 5.91 Å². The van der Waals surface area contributed by atoms with Crippen LogP contribution in [0.4, 0.5) is 0 Å². The number of aryl methyl sites for hydroxylation is 2. The van der Waals surface area contributed by atoms with E-state index in [0.717, 1.165) is 11.1 Å². The summed E-state index contributed by atoms with van der Waals surface area (Å²) >= 11 is 0. The molecule has 4 heteroatoms. The Morgan fingerprint density at radius 3 is 2.56 bits per heavy atom. The number of aliphatic hydroxyl groups excluding tert-OH is 1. The largest absolute Gasteiger partial charge is 0.378 e. The normalized spacial score (nSPS) is 17.6. The number of amides is 1. The molecule has 0 bridgehead atoms. The number of carbonyl (C=O) groups excluding carboxylic acids is 1. The van der Waals surface area contributed by atoms with Crippen LogP contribution < -0.4 is 0 Å². The molecule has 0 aromatic heterocycles. The summed E-state index contributed by atoms with van der Waals surface area (Å²) in [6, 6.07) is 5.62. The predicted octanol–water partition coefficient (Wildman–Crippen LogP) is 1.20. The van der Waals surface area contributed by atoms with Crippen LogP contribution in [0, 0.1) is 13.8 Å². The molecule has 1 N–H and O–H groups in total.